The number of sulfonamides is 1. The van der Waals surface area contributed by atoms with E-state index in [1.807, 2.05) is 0 Å². The highest BCUT2D eigenvalue weighted by Crippen LogP contribution is 2.26. The second-order valence-electron chi connectivity index (χ2n) is 4.88. The van der Waals surface area contributed by atoms with Crippen LogP contribution in [0.1, 0.15) is 0 Å². The van der Waals surface area contributed by atoms with Crippen molar-refractivity contribution in [2.45, 2.75) is 4.90 Å². The van der Waals surface area contributed by atoms with E-state index in [1.54, 1.807) is 31.3 Å². The highest BCUT2D eigenvalue weighted by molar-refractivity contribution is 7.92. The largest absolute Gasteiger partial charge is 0.280 e. The molecule has 3 aromatic rings. The Hall–Kier alpha value is -2.16. The summed E-state index contributed by atoms with van der Waals surface area (Å²) in [5.74, 6) is 0.578. The summed E-state index contributed by atoms with van der Waals surface area (Å²) in [6, 6.07) is 10.8. The molecule has 0 radical (unpaired) electrons. The summed E-state index contributed by atoms with van der Waals surface area (Å²) < 4.78 is 28.8. The summed E-state index contributed by atoms with van der Waals surface area (Å²) in [6.07, 6.45) is 0. The van der Waals surface area contributed by atoms with Crippen molar-refractivity contribution in [3.63, 3.8) is 0 Å². The number of anilines is 1. The van der Waals surface area contributed by atoms with Crippen molar-refractivity contribution in [1.29, 1.82) is 0 Å². The average molecular weight is 384 g/mol. The molecule has 1 N–H and O–H groups in total. The highest BCUT2D eigenvalue weighted by Gasteiger charge is 2.16. The molecule has 0 aliphatic heterocycles. The molecule has 0 fully saturated rings. The van der Waals surface area contributed by atoms with Crippen LogP contribution >= 0.6 is 23.2 Å². The second-order valence-corrected chi connectivity index (χ2v) is 7.38. The predicted molar refractivity (Wildman–Crippen MR) is 91.5 cm³/mol. The van der Waals surface area contributed by atoms with Gasteiger partial charge in [-0.15, -0.1) is 5.10 Å². The van der Waals surface area contributed by atoms with Crippen LogP contribution in [0, 0.1) is 0 Å². The highest BCUT2D eigenvalue weighted by atomic mass is 35.5. The molecule has 0 unspecified atom stereocenters. The van der Waals surface area contributed by atoms with E-state index in [4.69, 9.17) is 23.2 Å². The van der Waals surface area contributed by atoms with E-state index in [0.29, 0.717) is 11.5 Å². The van der Waals surface area contributed by atoms with Gasteiger partial charge < -0.3 is 0 Å². The molecule has 10 heteroatoms. The molecule has 0 aliphatic rings. The van der Waals surface area contributed by atoms with Crippen molar-refractivity contribution in [1.82, 2.24) is 20.2 Å². The van der Waals surface area contributed by atoms with Gasteiger partial charge in [0, 0.05) is 18.3 Å². The van der Waals surface area contributed by atoms with Gasteiger partial charge >= 0.3 is 0 Å². The van der Waals surface area contributed by atoms with Crippen LogP contribution in [0.3, 0.4) is 0 Å². The van der Waals surface area contributed by atoms with E-state index < -0.39 is 10.0 Å². The van der Waals surface area contributed by atoms with Gasteiger partial charge in [-0.1, -0.05) is 23.2 Å². The fraction of sp³-hybridized carbons (Fsp3) is 0.0714. The number of aryl methyl sites for hydroxylation is 1. The van der Waals surface area contributed by atoms with E-state index in [-0.39, 0.29) is 14.9 Å². The first-order valence-corrected chi connectivity index (χ1v) is 8.91. The standard InChI is InChI=1S/C14H11Cl2N5O2S/c1-21-14(17-19-20-21)9-2-4-10(5-3-9)18-24(22,23)11-6-7-12(15)13(16)8-11/h2-8,18H,1H3. The number of nitrogens with one attached hydrogen (secondary N) is 1. The van der Waals surface area contributed by atoms with Gasteiger partial charge in [0.05, 0.1) is 14.9 Å². The van der Waals surface area contributed by atoms with E-state index in [2.05, 4.69) is 20.2 Å². The van der Waals surface area contributed by atoms with Crippen LogP contribution in [-0.4, -0.2) is 28.6 Å². The molecule has 0 saturated heterocycles. The predicted octanol–water partition coefficient (Wildman–Crippen LogP) is 2.98. The fourth-order valence-electron chi connectivity index (χ4n) is 2.02. The van der Waals surface area contributed by atoms with Crippen molar-refractivity contribution in [2.24, 2.45) is 7.05 Å². The maximum atomic E-state index is 12.4. The van der Waals surface area contributed by atoms with Crippen LogP contribution in [0.2, 0.25) is 10.0 Å². The molecule has 1 aromatic heterocycles. The first-order valence-electron chi connectivity index (χ1n) is 6.67. The van der Waals surface area contributed by atoms with Crippen molar-refractivity contribution >= 4 is 38.9 Å². The Morgan fingerprint density at radius 2 is 1.75 bits per heavy atom. The summed E-state index contributed by atoms with van der Waals surface area (Å²) in [5, 5.41) is 11.7. The molecule has 0 atom stereocenters. The van der Waals surface area contributed by atoms with Crippen molar-refractivity contribution in [2.75, 3.05) is 4.72 Å². The zero-order valence-electron chi connectivity index (χ0n) is 12.3. The van der Waals surface area contributed by atoms with E-state index in [0.717, 1.165) is 5.56 Å². The number of benzene rings is 2. The Morgan fingerprint density at radius 3 is 2.33 bits per heavy atom. The summed E-state index contributed by atoms with van der Waals surface area (Å²) >= 11 is 11.7. The maximum Gasteiger partial charge on any atom is 0.261 e. The summed E-state index contributed by atoms with van der Waals surface area (Å²) in [4.78, 5) is 0.0264. The van der Waals surface area contributed by atoms with Gasteiger partial charge in [-0.05, 0) is 52.9 Å². The topological polar surface area (TPSA) is 89.8 Å². The summed E-state index contributed by atoms with van der Waals surface area (Å²) in [7, 11) is -2.05. The molecule has 0 amide bonds. The van der Waals surface area contributed by atoms with E-state index >= 15 is 0 Å². The molecule has 0 bridgehead atoms. The number of hydrogen-bond acceptors (Lipinski definition) is 5. The zero-order chi connectivity index (χ0) is 17.3. The van der Waals surface area contributed by atoms with Crippen molar-refractivity contribution in [3.05, 3.63) is 52.5 Å². The lowest BCUT2D eigenvalue weighted by atomic mass is 10.2. The molecule has 0 saturated carbocycles. The minimum Gasteiger partial charge on any atom is -0.280 e. The molecular weight excluding hydrogens is 373 g/mol. The molecular formula is C14H11Cl2N5O2S. The molecule has 124 valence electrons. The molecule has 0 spiro atoms. The summed E-state index contributed by atoms with van der Waals surface area (Å²) in [6.45, 7) is 0. The van der Waals surface area contributed by atoms with E-state index in [9.17, 15) is 8.42 Å². The smallest absolute Gasteiger partial charge is 0.261 e. The van der Waals surface area contributed by atoms with Crippen LogP contribution < -0.4 is 4.72 Å². The number of aromatic nitrogens is 4. The fourth-order valence-corrected chi connectivity index (χ4v) is 3.47. The lowest BCUT2D eigenvalue weighted by molar-refractivity contribution is 0.601. The zero-order valence-corrected chi connectivity index (χ0v) is 14.6. The third-order valence-electron chi connectivity index (χ3n) is 3.22. The van der Waals surface area contributed by atoms with Gasteiger partial charge in [-0.25, -0.2) is 13.1 Å². The van der Waals surface area contributed by atoms with Crippen LogP contribution in [0.25, 0.3) is 11.4 Å². The van der Waals surface area contributed by atoms with Crippen LogP contribution in [0.5, 0.6) is 0 Å². The van der Waals surface area contributed by atoms with Crippen LogP contribution in [0.4, 0.5) is 5.69 Å². The average Bonchev–Trinajstić information content (AvgIpc) is 2.96. The maximum absolute atomic E-state index is 12.4. The minimum absolute atomic E-state index is 0.0264. The minimum atomic E-state index is -3.77. The molecule has 3 rings (SSSR count). The Bertz CT molecular complexity index is 987. The molecule has 1 heterocycles. The first kappa shape index (κ1) is 16.7. The van der Waals surface area contributed by atoms with Crippen LogP contribution in [-0.2, 0) is 17.1 Å². The van der Waals surface area contributed by atoms with Gasteiger partial charge in [0.15, 0.2) is 5.82 Å². The van der Waals surface area contributed by atoms with Gasteiger partial charge in [-0.3, -0.25) is 4.72 Å². The Balaban J connectivity index is 1.85. The number of tetrazole rings is 1. The van der Waals surface area contributed by atoms with Gasteiger partial charge in [-0.2, -0.15) is 0 Å². The number of halogens is 2. The quantitative estimate of drug-likeness (QED) is 0.747. The summed E-state index contributed by atoms with van der Waals surface area (Å²) in [5.41, 5.74) is 1.17. The Kier molecular flexibility index (Phi) is 4.44. The molecule has 24 heavy (non-hydrogen) atoms. The third kappa shape index (κ3) is 3.35. The SMILES string of the molecule is Cn1nnnc1-c1ccc(NS(=O)(=O)c2ccc(Cl)c(Cl)c2)cc1. The monoisotopic (exact) mass is 383 g/mol. The Labute approximate surface area is 148 Å². The number of hydrogen-bond donors (Lipinski definition) is 1. The lowest BCUT2D eigenvalue weighted by Gasteiger charge is -2.09. The number of rotatable bonds is 4. The molecule has 7 nitrogen and oxygen atoms in total. The molecule has 2 aromatic carbocycles. The molecule has 0 aliphatic carbocycles. The first-order chi connectivity index (χ1) is 11.4. The second kappa shape index (κ2) is 6.39. The van der Waals surface area contributed by atoms with Crippen LogP contribution in [0.15, 0.2) is 47.4 Å². The van der Waals surface area contributed by atoms with Gasteiger partial charge in [0.1, 0.15) is 0 Å². The number of nitrogens with zero attached hydrogens (tertiary/aromatic N) is 4. The van der Waals surface area contributed by atoms with Crippen molar-refractivity contribution < 1.29 is 8.42 Å². The van der Waals surface area contributed by atoms with Gasteiger partial charge in [0.25, 0.3) is 10.0 Å². The lowest BCUT2D eigenvalue weighted by Crippen LogP contribution is -2.12. The van der Waals surface area contributed by atoms with Gasteiger partial charge in [0.2, 0.25) is 0 Å². The van der Waals surface area contributed by atoms with E-state index in [1.165, 1.54) is 22.9 Å². The Morgan fingerprint density at radius 1 is 1.04 bits per heavy atom. The third-order valence-corrected chi connectivity index (χ3v) is 5.33. The normalized spacial score (nSPS) is 11.5. The van der Waals surface area contributed by atoms with Crippen molar-refractivity contribution in [3.8, 4) is 11.4 Å².